The number of aryl methyl sites for hydroxylation is 1. The van der Waals surface area contributed by atoms with E-state index in [1.807, 2.05) is 0 Å². The Morgan fingerprint density at radius 2 is 2.11 bits per heavy atom. The van der Waals surface area contributed by atoms with Gasteiger partial charge in [-0.25, -0.2) is 4.79 Å². The van der Waals surface area contributed by atoms with Crippen LogP contribution in [0, 0.1) is 6.92 Å². The number of carboxylic acid groups (broad SMARTS) is 1. The Balaban J connectivity index is 2.38. The van der Waals surface area contributed by atoms with Gasteiger partial charge in [0, 0.05) is 32.6 Å². The summed E-state index contributed by atoms with van der Waals surface area (Å²) in [7, 11) is 3.41. The molecule has 6 nitrogen and oxygen atoms in total. The molecule has 0 saturated carbocycles. The van der Waals surface area contributed by atoms with Gasteiger partial charge < -0.3 is 19.7 Å². The van der Waals surface area contributed by atoms with E-state index in [1.54, 1.807) is 27.1 Å². The molecule has 0 atom stereocenters. The number of furan rings is 1. The van der Waals surface area contributed by atoms with E-state index in [2.05, 4.69) is 5.32 Å². The lowest BCUT2D eigenvalue weighted by Gasteiger charge is -2.09. The molecule has 0 aliphatic rings. The second kappa shape index (κ2) is 6.20. The quantitative estimate of drug-likeness (QED) is 0.735. The maximum atomic E-state index is 11.3. The van der Waals surface area contributed by atoms with E-state index < -0.39 is 5.97 Å². The van der Waals surface area contributed by atoms with Gasteiger partial charge >= 0.3 is 5.97 Å². The van der Waals surface area contributed by atoms with Crippen LogP contribution >= 0.6 is 0 Å². The zero-order chi connectivity index (χ0) is 13.7. The molecule has 0 unspecified atom stereocenters. The summed E-state index contributed by atoms with van der Waals surface area (Å²) in [5.74, 6) is -0.496. The highest BCUT2D eigenvalue weighted by molar-refractivity contribution is 5.86. The van der Waals surface area contributed by atoms with Crippen LogP contribution < -0.4 is 5.32 Å². The largest absolute Gasteiger partial charge is 0.475 e. The first kappa shape index (κ1) is 14.2. The van der Waals surface area contributed by atoms with Crippen LogP contribution in [0.4, 0.5) is 0 Å². The van der Waals surface area contributed by atoms with Crippen molar-refractivity contribution in [2.24, 2.45) is 0 Å². The van der Waals surface area contributed by atoms with Crippen molar-refractivity contribution in [2.45, 2.75) is 19.9 Å². The molecule has 100 valence electrons. The molecule has 2 N–H and O–H groups in total. The Hall–Kier alpha value is -1.82. The predicted molar refractivity (Wildman–Crippen MR) is 65.4 cm³/mol. The molecule has 1 aromatic heterocycles. The van der Waals surface area contributed by atoms with Gasteiger partial charge in [-0.15, -0.1) is 0 Å². The van der Waals surface area contributed by atoms with Crippen LogP contribution in [-0.4, -0.2) is 42.5 Å². The normalized spacial score (nSPS) is 10.4. The summed E-state index contributed by atoms with van der Waals surface area (Å²) < 4.78 is 5.17. The van der Waals surface area contributed by atoms with Crippen molar-refractivity contribution in [1.82, 2.24) is 10.2 Å². The minimum Gasteiger partial charge on any atom is -0.475 e. The van der Waals surface area contributed by atoms with Crippen LogP contribution in [0.5, 0.6) is 0 Å². The van der Waals surface area contributed by atoms with Gasteiger partial charge in [-0.1, -0.05) is 0 Å². The predicted octanol–water partition coefficient (Wildman–Crippen LogP) is 0.854. The number of hydrogen-bond donors (Lipinski definition) is 2. The van der Waals surface area contributed by atoms with Crippen LogP contribution in [0.1, 0.15) is 28.3 Å². The fraction of sp³-hybridized carbons (Fsp3) is 0.500. The van der Waals surface area contributed by atoms with Crippen LogP contribution in [0.2, 0.25) is 0 Å². The van der Waals surface area contributed by atoms with Gasteiger partial charge in [-0.05, 0) is 13.0 Å². The molecular formula is C12H18N2O4. The average molecular weight is 254 g/mol. The third-order valence-corrected chi connectivity index (χ3v) is 2.48. The van der Waals surface area contributed by atoms with E-state index in [0.717, 1.165) is 0 Å². The van der Waals surface area contributed by atoms with Gasteiger partial charge in [0.2, 0.25) is 11.7 Å². The summed E-state index contributed by atoms with van der Waals surface area (Å²) in [6.07, 6.45) is 0.401. The SMILES string of the molecule is Cc1cc(CNCCC(=O)N(C)C)oc1C(=O)O. The highest BCUT2D eigenvalue weighted by Crippen LogP contribution is 2.14. The number of carbonyl (C=O) groups excluding carboxylic acids is 1. The summed E-state index contributed by atoms with van der Waals surface area (Å²) in [6.45, 7) is 2.63. The first-order valence-corrected chi connectivity index (χ1v) is 5.65. The molecule has 18 heavy (non-hydrogen) atoms. The highest BCUT2D eigenvalue weighted by atomic mass is 16.4. The molecule has 0 aliphatic heterocycles. The second-order valence-electron chi connectivity index (χ2n) is 4.24. The minimum absolute atomic E-state index is 0.0313. The summed E-state index contributed by atoms with van der Waals surface area (Å²) >= 11 is 0. The Bertz CT molecular complexity index is 437. The maximum absolute atomic E-state index is 11.3. The standard InChI is InChI=1S/C12H18N2O4/c1-8-6-9(18-11(8)12(16)17)7-13-5-4-10(15)14(2)3/h6,13H,4-5,7H2,1-3H3,(H,16,17). The fourth-order valence-electron chi connectivity index (χ4n) is 1.48. The number of aromatic carboxylic acids is 1. The van der Waals surface area contributed by atoms with Gasteiger partial charge in [0.1, 0.15) is 5.76 Å². The number of nitrogens with zero attached hydrogens (tertiary/aromatic N) is 1. The molecule has 1 heterocycles. The van der Waals surface area contributed by atoms with Gasteiger partial charge in [0.05, 0.1) is 6.54 Å². The molecule has 0 aromatic carbocycles. The number of amides is 1. The molecule has 0 radical (unpaired) electrons. The second-order valence-corrected chi connectivity index (χ2v) is 4.24. The van der Waals surface area contributed by atoms with E-state index in [1.165, 1.54) is 4.90 Å². The van der Waals surface area contributed by atoms with Crippen LogP contribution in [0.25, 0.3) is 0 Å². The van der Waals surface area contributed by atoms with Crippen molar-refractivity contribution >= 4 is 11.9 Å². The highest BCUT2D eigenvalue weighted by Gasteiger charge is 2.13. The summed E-state index contributed by atoms with van der Waals surface area (Å²) in [5, 5.41) is 11.9. The molecule has 1 amide bonds. The number of rotatable bonds is 6. The van der Waals surface area contributed by atoms with Gasteiger partial charge in [0.25, 0.3) is 0 Å². The van der Waals surface area contributed by atoms with Crippen LogP contribution in [-0.2, 0) is 11.3 Å². The first-order valence-electron chi connectivity index (χ1n) is 5.65. The van der Waals surface area contributed by atoms with Gasteiger partial charge in [-0.3, -0.25) is 4.79 Å². The van der Waals surface area contributed by atoms with E-state index in [0.29, 0.717) is 30.8 Å². The van der Waals surface area contributed by atoms with Crippen molar-refractivity contribution < 1.29 is 19.1 Å². The number of hydrogen-bond acceptors (Lipinski definition) is 4. The van der Waals surface area contributed by atoms with Crippen LogP contribution in [0.15, 0.2) is 10.5 Å². The molecule has 0 aliphatic carbocycles. The van der Waals surface area contributed by atoms with E-state index in [-0.39, 0.29) is 11.7 Å². The van der Waals surface area contributed by atoms with Gasteiger partial charge in [-0.2, -0.15) is 0 Å². The zero-order valence-electron chi connectivity index (χ0n) is 10.8. The summed E-state index contributed by atoms with van der Waals surface area (Å²) in [4.78, 5) is 23.6. The van der Waals surface area contributed by atoms with Crippen molar-refractivity contribution in [1.29, 1.82) is 0 Å². The summed E-state index contributed by atoms with van der Waals surface area (Å²) in [5.41, 5.74) is 0.601. The third kappa shape index (κ3) is 3.89. The molecule has 0 saturated heterocycles. The number of carboxylic acids is 1. The van der Waals surface area contributed by atoms with Crippen molar-refractivity contribution in [3.05, 3.63) is 23.2 Å². The Morgan fingerprint density at radius 1 is 1.44 bits per heavy atom. The maximum Gasteiger partial charge on any atom is 0.372 e. The lowest BCUT2D eigenvalue weighted by Crippen LogP contribution is -2.26. The Labute approximate surface area is 106 Å². The molecule has 0 fully saturated rings. The van der Waals surface area contributed by atoms with Crippen molar-refractivity contribution in [3.63, 3.8) is 0 Å². The Morgan fingerprint density at radius 3 is 2.61 bits per heavy atom. The van der Waals surface area contributed by atoms with Gasteiger partial charge in [0.15, 0.2) is 0 Å². The first-order chi connectivity index (χ1) is 8.41. The monoisotopic (exact) mass is 254 g/mol. The van der Waals surface area contributed by atoms with E-state index in [4.69, 9.17) is 9.52 Å². The van der Waals surface area contributed by atoms with E-state index in [9.17, 15) is 9.59 Å². The molecule has 0 bridgehead atoms. The topological polar surface area (TPSA) is 82.8 Å². The molecule has 1 rings (SSSR count). The fourth-order valence-corrected chi connectivity index (χ4v) is 1.48. The minimum atomic E-state index is -1.07. The molecule has 6 heteroatoms. The zero-order valence-corrected chi connectivity index (χ0v) is 10.8. The molecule has 1 aromatic rings. The van der Waals surface area contributed by atoms with Crippen LogP contribution in [0.3, 0.4) is 0 Å². The van der Waals surface area contributed by atoms with Crippen molar-refractivity contribution in [3.8, 4) is 0 Å². The van der Waals surface area contributed by atoms with E-state index >= 15 is 0 Å². The average Bonchev–Trinajstić information content (AvgIpc) is 2.65. The lowest BCUT2D eigenvalue weighted by atomic mass is 10.2. The lowest BCUT2D eigenvalue weighted by molar-refractivity contribution is -0.128. The molecular weight excluding hydrogens is 236 g/mol. The molecule has 0 spiro atoms. The number of nitrogens with one attached hydrogen (secondary N) is 1. The number of carbonyl (C=O) groups is 2. The third-order valence-electron chi connectivity index (χ3n) is 2.48. The van der Waals surface area contributed by atoms with Crippen molar-refractivity contribution in [2.75, 3.05) is 20.6 Å². The summed E-state index contributed by atoms with van der Waals surface area (Å²) in [6, 6.07) is 1.68. The smallest absolute Gasteiger partial charge is 0.372 e. The Kier molecular flexibility index (Phi) is 4.91.